The average molecular weight is 401 g/mol. The molecule has 0 saturated heterocycles. The van der Waals surface area contributed by atoms with Crippen molar-refractivity contribution in [1.82, 2.24) is 29.0 Å². The number of hydrogen-bond acceptors (Lipinski definition) is 5. The van der Waals surface area contributed by atoms with Gasteiger partial charge in [0.05, 0.1) is 6.20 Å². The smallest absolute Gasteiger partial charge is 0.243 e. The predicted octanol–water partition coefficient (Wildman–Crippen LogP) is 1.46. The highest BCUT2D eigenvalue weighted by Gasteiger charge is 2.28. The first kappa shape index (κ1) is 18.9. The van der Waals surface area contributed by atoms with Crippen LogP contribution in [0.4, 0.5) is 0 Å². The Morgan fingerprint density at radius 2 is 2.14 bits per heavy atom. The molecule has 1 aliphatic rings. The Kier molecular flexibility index (Phi) is 5.29. The molecule has 3 aromatic heterocycles. The Morgan fingerprint density at radius 3 is 2.89 bits per heavy atom. The third-order valence-corrected chi connectivity index (χ3v) is 6.45. The highest BCUT2D eigenvalue weighted by atomic mass is 32.2. The van der Waals surface area contributed by atoms with Gasteiger partial charge in [-0.05, 0) is 30.7 Å². The molecule has 1 unspecified atom stereocenters. The molecule has 9 heteroatoms. The van der Waals surface area contributed by atoms with Crippen molar-refractivity contribution in [2.75, 3.05) is 6.54 Å². The zero-order valence-corrected chi connectivity index (χ0v) is 16.6. The second kappa shape index (κ2) is 7.86. The Bertz CT molecular complexity index is 1030. The minimum atomic E-state index is -3.59. The van der Waals surface area contributed by atoms with Crippen LogP contribution in [0.1, 0.15) is 18.2 Å². The highest BCUT2D eigenvalue weighted by Crippen LogP contribution is 2.21. The van der Waals surface area contributed by atoms with E-state index in [1.807, 2.05) is 37.5 Å². The highest BCUT2D eigenvalue weighted by molar-refractivity contribution is 7.89. The molecule has 0 fully saturated rings. The molecule has 3 aromatic rings. The van der Waals surface area contributed by atoms with Crippen molar-refractivity contribution in [2.45, 2.75) is 44.0 Å². The zero-order chi connectivity index (χ0) is 19.6. The average Bonchev–Trinajstić information content (AvgIpc) is 3.36. The Balaban J connectivity index is 1.50. The normalized spacial score (nSPS) is 17.5. The van der Waals surface area contributed by atoms with E-state index in [1.165, 1.54) is 11.9 Å². The Labute approximate surface area is 164 Å². The van der Waals surface area contributed by atoms with Crippen LogP contribution in [0.15, 0.2) is 60.1 Å². The predicted molar refractivity (Wildman–Crippen MR) is 105 cm³/mol. The number of aromatic nitrogens is 4. The lowest BCUT2D eigenvalue weighted by atomic mass is 10.1. The van der Waals surface area contributed by atoms with Gasteiger partial charge in [0.15, 0.2) is 0 Å². The molecule has 1 N–H and O–H groups in total. The molecule has 1 atom stereocenters. The second-order valence-electron chi connectivity index (χ2n) is 6.96. The van der Waals surface area contributed by atoms with E-state index in [0.29, 0.717) is 13.1 Å². The van der Waals surface area contributed by atoms with Crippen LogP contribution in [-0.2, 0) is 36.2 Å². The SMILES string of the molecule is CCn1cc(S(=O)(=O)NCC2Cn3cccc3CN2Cc2cccnc2)cn1. The van der Waals surface area contributed by atoms with E-state index in [1.54, 1.807) is 17.1 Å². The summed E-state index contributed by atoms with van der Waals surface area (Å²) >= 11 is 0. The summed E-state index contributed by atoms with van der Waals surface area (Å²) in [4.78, 5) is 6.69. The Hall–Kier alpha value is -2.49. The van der Waals surface area contributed by atoms with Crippen LogP contribution in [0.5, 0.6) is 0 Å². The first-order valence-corrected chi connectivity index (χ1v) is 10.8. The van der Waals surface area contributed by atoms with Crippen molar-refractivity contribution in [3.05, 3.63) is 66.5 Å². The van der Waals surface area contributed by atoms with Crippen LogP contribution in [0.2, 0.25) is 0 Å². The number of rotatable bonds is 7. The van der Waals surface area contributed by atoms with Gasteiger partial charge in [0.2, 0.25) is 10.0 Å². The van der Waals surface area contributed by atoms with E-state index in [2.05, 4.69) is 30.3 Å². The van der Waals surface area contributed by atoms with E-state index >= 15 is 0 Å². The molecule has 0 saturated carbocycles. The topological polar surface area (TPSA) is 85.0 Å². The van der Waals surface area contributed by atoms with Gasteiger partial charge >= 0.3 is 0 Å². The minimum Gasteiger partial charge on any atom is -0.349 e. The number of nitrogens with zero attached hydrogens (tertiary/aromatic N) is 5. The molecule has 28 heavy (non-hydrogen) atoms. The van der Waals surface area contributed by atoms with Crippen molar-refractivity contribution in [3.8, 4) is 0 Å². The van der Waals surface area contributed by atoms with E-state index in [0.717, 1.165) is 25.2 Å². The molecular formula is C19H24N6O2S. The molecular weight excluding hydrogens is 376 g/mol. The summed E-state index contributed by atoms with van der Waals surface area (Å²) in [7, 11) is -3.59. The molecule has 4 rings (SSSR count). The lowest BCUT2D eigenvalue weighted by Gasteiger charge is -2.37. The maximum atomic E-state index is 12.7. The fourth-order valence-electron chi connectivity index (χ4n) is 3.50. The maximum absolute atomic E-state index is 12.7. The molecule has 8 nitrogen and oxygen atoms in total. The van der Waals surface area contributed by atoms with Crippen molar-refractivity contribution in [1.29, 1.82) is 0 Å². The molecule has 0 radical (unpaired) electrons. The second-order valence-corrected chi connectivity index (χ2v) is 8.72. The summed E-state index contributed by atoms with van der Waals surface area (Å²) in [5, 5.41) is 4.07. The molecule has 148 valence electrons. The number of nitrogens with one attached hydrogen (secondary N) is 1. The molecule has 0 spiro atoms. The van der Waals surface area contributed by atoms with E-state index < -0.39 is 10.0 Å². The third kappa shape index (κ3) is 4.01. The quantitative estimate of drug-likeness (QED) is 0.649. The molecule has 0 amide bonds. The summed E-state index contributed by atoms with van der Waals surface area (Å²) in [5.41, 5.74) is 2.34. The summed E-state index contributed by atoms with van der Waals surface area (Å²) in [6.45, 7) is 5.11. The first-order valence-electron chi connectivity index (χ1n) is 9.34. The molecule has 0 bridgehead atoms. The van der Waals surface area contributed by atoms with Gasteiger partial charge in [-0.3, -0.25) is 14.6 Å². The monoisotopic (exact) mass is 400 g/mol. The van der Waals surface area contributed by atoms with Gasteiger partial charge < -0.3 is 4.57 Å². The van der Waals surface area contributed by atoms with E-state index in [9.17, 15) is 8.42 Å². The van der Waals surface area contributed by atoms with Crippen LogP contribution in [0, 0.1) is 0 Å². The summed E-state index contributed by atoms with van der Waals surface area (Å²) in [6, 6.07) is 8.14. The largest absolute Gasteiger partial charge is 0.349 e. The van der Waals surface area contributed by atoms with Crippen LogP contribution < -0.4 is 4.72 Å². The fourth-order valence-corrected chi connectivity index (χ4v) is 4.53. The fraction of sp³-hybridized carbons (Fsp3) is 0.368. The lowest BCUT2D eigenvalue weighted by molar-refractivity contribution is 0.133. The van der Waals surface area contributed by atoms with Crippen molar-refractivity contribution < 1.29 is 8.42 Å². The van der Waals surface area contributed by atoms with Crippen LogP contribution in [-0.4, -0.2) is 45.2 Å². The van der Waals surface area contributed by atoms with Gasteiger partial charge in [0.1, 0.15) is 4.90 Å². The van der Waals surface area contributed by atoms with Crippen LogP contribution in [0.3, 0.4) is 0 Å². The number of pyridine rings is 1. The van der Waals surface area contributed by atoms with Crippen molar-refractivity contribution >= 4 is 10.0 Å². The summed E-state index contributed by atoms with van der Waals surface area (Å²) in [5.74, 6) is 0. The van der Waals surface area contributed by atoms with Gasteiger partial charge in [-0.1, -0.05) is 6.07 Å². The molecule has 0 aliphatic carbocycles. The summed E-state index contributed by atoms with van der Waals surface area (Å²) in [6.07, 6.45) is 8.61. The molecule has 4 heterocycles. The lowest BCUT2D eigenvalue weighted by Crippen LogP contribution is -2.48. The van der Waals surface area contributed by atoms with Gasteiger partial charge in [-0.25, -0.2) is 13.1 Å². The van der Waals surface area contributed by atoms with E-state index in [4.69, 9.17) is 0 Å². The zero-order valence-electron chi connectivity index (χ0n) is 15.8. The standard InChI is InChI=1S/C19H24N6O2S/c1-2-25-15-19(11-21-25)28(26,27)22-10-18-14-23-8-4-6-17(23)13-24(18)12-16-5-3-7-20-9-16/h3-9,11,15,18,22H,2,10,12-14H2,1H3. The number of fused-ring (bicyclic) bond motifs is 1. The number of aryl methyl sites for hydroxylation is 1. The maximum Gasteiger partial charge on any atom is 0.243 e. The first-order chi connectivity index (χ1) is 13.5. The van der Waals surface area contributed by atoms with Crippen molar-refractivity contribution in [2.24, 2.45) is 0 Å². The van der Waals surface area contributed by atoms with Gasteiger partial charge in [0, 0.05) is 69.2 Å². The van der Waals surface area contributed by atoms with Crippen molar-refractivity contribution in [3.63, 3.8) is 0 Å². The van der Waals surface area contributed by atoms with Gasteiger partial charge in [0.25, 0.3) is 0 Å². The number of hydrogen-bond donors (Lipinski definition) is 1. The third-order valence-electron chi connectivity index (χ3n) is 5.07. The summed E-state index contributed by atoms with van der Waals surface area (Å²) < 4.78 is 31.9. The number of sulfonamides is 1. The molecule has 0 aromatic carbocycles. The minimum absolute atomic E-state index is 0.0381. The van der Waals surface area contributed by atoms with Gasteiger partial charge in [-0.2, -0.15) is 5.10 Å². The van der Waals surface area contributed by atoms with Crippen LogP contribution in [0.25, 0.3) is 0 Å². The van der Waals surface area contributed by atoms with Crippen LogP contribution >= 0.6 is 0 Å². The van der Waals surface area contributed by atoms with E-state index in [-0.39, 0.29) is 10.9 Å². The Morgan fingerprint density at radius 1 is 1.25 bits per heavy atom. The molecule has 1 aliphatic heterocycles. The van der Waals surface area contributed by atoms with Gasteiger partial charge in [-0.15, -0.1) is 0 Å².